The van der Waals surface area contributed by atoms with Gasteiger partial charge in [-0.1, -0.05) is 6.92 Å². The van der Waals surface area contributed by atoms with Crippen molar-refractivity contribution in [1.82, 2.24) is 9.99 Å². The molecular weight excluding hydrogens is 270 g/mol. The lowest BCUT2D eigenvalue weighted by molar-refractivity contribution is -0.0976. The van der Waals surface area contributed by atoms with E-state index in [1.54, 1.807) is 45.3 Å². The number of pyridine rings is 1. The fourth-order valence-electron chi connectivity index (χ4n) is 2.15. The highest BCUT2D eigenvalue weighted by Crippen LogP contribution is 2.36. The molecule has 0 radical (unpaired) electrons. The summed E-state index contributed by atoms with van der Waals surface area (Å²) < 4.78 is 5.34. The fraction of sp³-hybridized carbons (Fsp3) is 0.533. The maximum absolute atomic E-state index is 12.3. The summed E-state index contributed by atoms with van der Waals surface area (Å²) in [5.74, 6) is 0. The van der Waals surface area contributed by atoms with Gasteiger partial charge in [-0.25, -0.2) is 4.79 Å². The van der Waals surface area contributed by atoms with Gasteiger partial charge in [0.15, 0.2) is 5.72 Å². The number of ether oxygens (including phenoxy) is 1. The summed E-state index contributed by atoms with van der Waals surface area (Å²) in [6.07, 6.45) is 3.42. The highest BCUT2D eigenvalue weighted by atomic mass is 16.6. The SMILES string of the molecule is CCC1=NN(C(=O)OC(C)(C)C)[C@@](O)(c2ccncc2)C1. The Morgan fingerprint density at radius 1 is 1.43 bits per heavy atom. The average Bonchev–Trinajstić information content (AvgIpc) is 2.77. The Hall–Kier alpha value is -1.95. The van der Waals surface area contributed by atoms with Gasteiger partial charge in [0.2, 0.25) is 0 Å². The summed E-state index contributed by atoms with van der Waals surface area (Å²) in [5.41, 5.74) is -0.854. The van der Waals surface area contributed by atoms with E-state index in [9.17, 15) is 9.90 Å². The Bertz CT molecular complexity index is 551. The van der Waals surface area contributed by atoms with Crippen molar-refractivity contribution in [3.05, 3.63) is 30.1 Å². The van der Waals surface area contributed by atoms with Gasteiger partial charge in [0, 0.05) is 30.1 Å². The zero-order valence-corrected chi connectivity index (χ0v) is 12.8. The van der Waals surface area contributed by atoms with E-state index in [-0.39, 0.29) is 6.42 Å². The maximum atomic E-state index is 12.3. The van der Waals surface area contributed by atoms with Crippen molar-refractivity contribution in [2.24, 2.45) is 5.10 Å². The molecule has 0 unspecified atom stereocenters. The molecule has 6 heteroatoms. The number of aromatic nitrogens is 1. The van der Waals surface area contributed by atoms with Crippen LogP contribution >= 0.6 is 0 Å². The molecule has 0 aliphatic carbocycles. The van der Waals surface area contributed by atoms with Crippen LogP contribution in [0.15, 0.2) is 29.6 Å². The molecule has 1 aliphatic rings. The van der Waals surface area contributed by atoms with Gasteiger partial charge in [-0.15, -0.1) is 0 Å². The van der Waals surface area contributed by atoms with Crippen molar-refractivity contribution in [2.75, 3.05) is 0 Å². The smallest absolute Gasteiger partial charge is 0.433 e. The molecule has 0 bridgehead atoms. The van der Waals surface area contributed by atoms with Crippen LogP contribution in [0.1, 0.15) is 46.1 Å². The van der Waals surface area contributed by atoms with E-state index >= 15 is 0 Å². The van der Waals surface area contributed by atoms with Crippen molar-refractivity contribution >= 4 is 11.8 Å². The number of aliphatic hydroxyl groups is 1. The number of hydrazone groups is 1. The number of carbonyl (C=O) groups excluding carboxylic acids is 1. The number of hydrogen-bond donors (Lipinski definition) is 1. The number of carbonyl (C=O) groups is 1. The molecule has 6 nitrogen and oxygen atoms in total. The largest absolute Gasteiger partial charge is 0.442 e. The van der Waals surface area contributed by atoms with Crippen LogP contribution in [-0.2, 0) is 10.5 Å². The van der Waals surface area contributed by atoms with Crippen molar-refractivity contribution in [3.63, 3.8) is 0 Å². The Morgan fingerprint density at radius 3 is 2.57 bits per heavy atom. The Morgan fingerprint density at radius 2 is 2.05 bits per heavy atom. The van der Waals surface area contributed by atoms with E-state index in [1.807, 2.05) is 6.92 Å². The predicted octanol–water partition coefficient (Wildman–Crippen LogP) is 2.63. The maximum Gasteiger partial charge on any atom is 0.433 e. The van der Waals surface area contributed by atoms with Crippen LogP contribution in [0.5, 0.6) is 0 Å². The van der Waals surface area contributed by atoms with E-state index in [4.69, 9.17) is 4.74 Å². The second-order valence-corrected chi connectivity index (χ2v) is 6.04. The van der Waals surface area contributed by atoms with Crippen molar-refractivity contribution < 1.29 is 14.6 Å². The van der Waals surface area contributed by atoms with Gasteiger partial charge >= 0.3 is 6.09 Å². The quantitative estimate of drug-likeness (QED) is 0.909. The van der Waals surface area contributed by atoms with Gasteiger partial charge < -0.3 is 9.84 Å². The summed E-state index contributed by atoms with van der Waals surface area (Å²) in [4.78, 5) is 16.3. The van der Waals surface area contributed by atoms with Crippen molar-refractivity contribution in [3.8, 4) is 0 Å². The second kappa shape index (κ2) is 5.44. The zero-order valence-electron chi connectivity index (χ0n) is 12.8. The number of rotatable bonds is 2. The highest BCUT2D eigenvalue weighted by molar-refractivity contribution is 5.89. The molecule has 1 atom stereocenters. The minimum Gasteiger partial charge on any atom is -0.442 e. The molecule has 114 valence electrons. The molecule has 2 heterocycles. The molecule has 1 amide bonds. The molecule has 1 aliphatic heterocycles. The van der Waals surface area contributed by atoms with Gasteiger partial charge in [-0.3, -0.25) is 4.98 Å². The molecule has 21 heavy (non-hydrogen) atoms. The topological polar surface area (TPSA) is 75.0 Å². The second-order valence-electron chi connectivity index (χ2n) is 6.04. The highest BCUT2D eigenvalue weighted by Gasteiger charge is 2.47. The fourth-order valence-corrected chi connectivity index (χ4v) is 2.15. The third-order valence-corrected chi connectivity index (χ3v) is 3.16. The predicted molar refractivity (Wildman–Crippen MR) is 78.5 cm³/mol. The van der Waals surface area contributed by atoms with Crippen LogP contribution in [0.4, 0.5) is 4.79 Å². The van der Waals surface area contributed by atoms with E-state index in [0.717, 1.165) is 10.7 Å². The van der Waals surface area contributed by atoms with Gasteiger partial charge in [-0.2, -0.15) is 10.1 Å². The molecule has 0 saturated heterocycles. The summed E-state index contributed by atoms with van der Waals surface area (Å²) in [6.45, 7) is 7.26. The van der Waals surface area contributed by atoms with Crippen LogP contribution in [0.3, 0.4) is 0 Å². The van der Waals surface area contributed by atoms with Crippen LogP contribution < -0.4 is 0 Å². The van der Waals surface area contributed by atoms with Gasteiger partial charge in [-0.05, 0) is 39.3 Å². The number of hydrogen-bond acceptors (Lipinski definition) is 5. The molecule has 1 aromatic heterocycles. The van der Waals surface area contributed by atoms with Crippen molar-refractivity contribution in [2.45, 2.75) is 51.9 Å². The van der Waals surface area contributed by atoms with Crippen molar-refractivity contribution in [1.29, 1.82) is 0 Å². The van der Waals surface area contributed by atoms with Gasteiger partial charge in [0.25, 0.3) is 0 Å². The summed E-state index contributed by atoms with van der Waals surface area (Å²) in [5, 5.41) is 16.2. The third kappa shape index (κ3) is 3.21. The summed E-state index contributed by atoms with van der Waals surface area (Å²) >= 11 is 0. The van der Waals surface area contributed by atoms with E-state index < -0.39 is 17.4 Å². The first-order valence-electron chi connectivity index (χ1n) is 6.98. The molecule has 0 fully saturated rings. The monoisotopic (exact) mass is 291 g/mol. The van der Waals surface area contributed by atoms with Gasteiger partial charge in [0.1, 0.15) is 5.60 Å². The minimum atomic E-state index is -1.52. The zero-order chi connectivity index (χ0) is 15.7. The first-order chi connectivity index (χ1) is 9.76. The molecule has 2 rings (SSSR count). The minimum absolute atomic E-state index is 0.271. The average molecular weight is 291 g/mol. The standard InChI is InChI=1S/C15H21N3O3/c1-5-12-10-15(20,11-6-8-16-9-7-11)18(17-12)13(19)21-14(2,3)4/h6-9,20H,5,10H2,1-4H3/t15-/m0/s1. The van der Waals surface area contributed by atoms with Crippen LogP contribution in [0.25, 0.3) is 0 Å². The Kier molecular flexibility index (Phi) is 4.00. The van der Waals surface area contributed by atoms with Crippen LogP contribution in [0, 0.1) is 0 Å². The van der Waals surface area contributed by atoms with Gasteiger partial charge in [0.05, 0.1) is 0 Å². The van der Waals surface area contributed by atoms with Crippen LogP contribution in [-0.4, -0.2) is 32.5 Å². The molecule has 0 spiro atoms. The number of amides is 1. The first-order valence-corrected chi connectivity index (χ1v) is 6.98. The molecule has 1 aromatic rings. The summed E-state index contributed by atoms with van der Waals surface area (Å²) in [6, 6.07) is 3.34. The third-order valence-electron chi connectivity index (χ3n) is 3.16. The molecular formula is C15H21N3O3. The number of nitrogens with zero attached hydrogens (tertiary/aromatic N) is 3. The molecule has 1 N–H and O–H groups in total. The van der Waals surface area contributed by atoms with Crippen LogP contribution in [0.2, 0.25) is 0 Å². The Balaban J connectivity index is 2.35. The summed E-state index contributed by atoms with van der Waals surface area (Å²) in [7, 11) is 0. The lowest BCUT2D eigenvalue weighted by Crippen LogP contribution is -2.45. The van der Waals surface area contributed by atoms with E-state index in [2.05, 4.69) is 10.1 Å². The lowest BCUT2D eigenvalue weighted by atomic mass is 9.98. The normalized spacial score (nSPS) is 22.1. The first kappa shape index (κ1) is 15.4. The molecule has 0 aromatic carbocycles. The lowest BCUT2D eigenvalue weighted by Gasteiger charge is -2.32. The van der Waals surface area contributed by atoms with E-state index in [0.29, 0.717) is 12.0 Å². The molecule has 0 saturated carbocycles. The van der Waals surface area contributed by atoms with E-state index in [1.165, 1.54) is 0 Å². The Labute approximate surface area is 124 Å².